The highest BCUT2D eigenvalue weighted by Gasteiger charge is 2.34. The lowest BCUT2D eigenvalue weighted by Gasteiger charge is -2.28. The van der Waals surface area contributed by atoms with Gasteiger partial charge in [0.2, 0.25) is 10.0 Å². The van der Waals surface area contributed by atoms with Gasteiger partial charge in [-0.2, -0.15) is 0 Å². The fourth-order valence-corrected chi connectivity index (χ4v) is 3.65. The van der Waals surface area contributed by atoms with E-state index in [-0.39, 0.29) is 12.3 Å². The molecule has 0 amide bonds. The number of halogens is 1. The molecule has 1 N–H and O–H groups in total. The lowest BCUT2D eigenvalue weighted by Crippen LogP contribution is -2.42. The summed E-state index contributed by atoms with van der Waals surface area (Å²) in [6.07, 6.45) is 3.80. The second-order valence-electron chi connectivity index (χ2n) is 4.55. The first-order chi connectivity index (χ1) is 7.40. The molecule has 96 valence electrons. The van der Waals surface area contributed by atoms with E-state index in [1.54, 1.807) is 0 Å². The summed E-state index contributed by atoms with van der Waals surface area (Å²) in [5.41, 5.74) is -0.817. The van der Waals surface area contributed by atoms with Crippen LogP contribution < -0.4 is 0 Å². The Balaban J connectivity index is 2.53. The summed E-state index contributed by atoms with van der Waals surface area (Å²) in [7, 11) is -1.73. The molecule has 1 saturated carbocycles. The van der Waals surface area contributed by atoms with Gasteiger partial charge >= 0.3 is 0 Å². The minimum absolute atomic E-state index is 0.0586. The van der Waals surface area contributed by atoms with E-state index in [1.807, 2.05) is 0 Å². The molecule has 0 spiro atoms. The largest absolute Gasteiger partial charge is 0.389 e. The van der Waals surface area contributed by atoms with E-state index in [4.69, 9.17) is 11.6 Å². The zero-order chi connectivity index (χ0) is 12.2. The highest BCUT2D eigenvalue weighted by Crippen LogP contribution is 2.30. The SMILES string of the molecule is CN(CC1(O)CCCC1)S(=O)(=O)CCCCl. The van der Waals surface area contributed by atoms with Crippen molar-refractivity contribution < 1.29 is 13.5 Å². The van der Waals surface area contributed by atoms with Gasteiger partial charge in [0.05, 0.1) is 11.4 Å². The Labute approximate surface area is 103 Å². The number of rotatable bonds is 6. The minimum atomic E-state index is -3.26. The molecule has 4 nitrogen and oxygen atoms in total. The molecule has 0 radical (unpaired) electrons. The van der Waals surface area contributed by atoms with Crippen LogP contribution in [0.15, 0.2) is 0 Å². The van der Waals surface area contributed by atoms with Crippen LogP contribution in [0.5, 0.6) is 0 Å². The topological polar surface area (TPSA) is 57.6 Å². The Bertz CT molecular complexity index is 312. The third-order valence-electron chi connectivity index (χ3n) is 3.06. The van der Waals surface area contributed by atoms with Crippen LogP contribution in [0.2, 0.25) is 0 Å². The summed E-state index contributed by atoms with van der Waals surface area (Å²) < 4.78 is 24.8. The van der Waals surface area contributed by atoms with Crippen molar-refractivity contribution >= 4 is 21.6 Å². The molecule has 0 aromatic rings. The van der Waals surface area contributed by atoms with Crippen LogP contribution in [-0.2, 0) is 10.0 Å². The molecular formula is C10H20ClNO3S. The molecule has 6 heteroatoms. The molecule has 1 aliphatic rings. The molecular weight excluding hydrogens is 250 g/mol. The van der Waals surface area contributed by atoms with Crippen molar-refractivity contribution in [2.45, 2.75) is 37.7 Å². The van der Waals surface area contributed by atoms with Crippen LogP contribution in [0.3, 0.4) is 0 Å². The maximum absolute atomic E-state index is 11.8. The van der Waals surface area contributed by atoms with Crippen molar-refractivity contribution in [2.75, 3.05) is 25.2 Å². The highest BCUT2D eigenvalue weighted by atomic mass is 35.5. The van der Waals surface area contributed by atoms with Crippen LogP contribution in [0.25, 0.3) is 0 Å². The third kappa shape index (κ3) is 3.87. The number of hydrogen-bond donors (Lipinski definition) is 1. The normalized spacial score (nSPS) is 20.5. The quantitative estimate of drug-likeness (QED) is 0.737. The zero-order valence-electron chi connectivity index (χ0n) is 9.65. The maximum Gasteiger partial charge on any atom is 0.213 e. The van der Waals surface area contributed by atoms with E-state index in [0.29, 0.717) is 25.1 Å². The Morgan fingerprint density at radius 1 is 1.38 bits per heavy atom. The van der Waals surface area contributed by atoms with Crippen molar-refractivity contribution in [3.05, 3.63) is 0 Å². The molecule has 0 aliphatic heterocycles. The Kier molecular flexibility index (Phi) is 5.04. The van der Waals surface area contributed by atoms with Gasteiger partial charge in [-0.1, -0.05) is 12.8 Å². The average molecular weight is 270 g/mol. The summed E-state index contributed by atoms with van der Waals surface area (Å²) >= 11 is 5.48. The summed E-state index contributed by atoms with van der Waals surface area (Å²) in [5, 5.41) is 10.1. The molecule has 1 rings (SSSR count). The lowest BCUT2D eigenvalue weighted by atomic mass is 10.0. The maximum atomic E-state index is 11.8. The first-order valence-corrected chi connectivity index (χ1v) is 7.76. The van der Waals surface area contributed by atoms with Crippen molar-refractivity contribution in [3.63, 3.8) is 0 Å². The summed E-state index contributed by atoms with van der Waals surface area (Å²) in [6, 6.07) is 0. The number of likely N-dealkylation sites (N-methyl/N-ethyl adjacent to an activating group) is 1. The second-order valence-corrected chi connectivity index (χ2v) is 7.12. The molecule has 0 atom stereocenters. The van der Waals surface area contributed by atoms with Crippen molar-refractivity contribution in [3.8, 4) is 0 Å². The number of alkyl halides is 1. The smallest absolute Gasteiger partial charge is 0.213 e. The summed E-state index contributed by atoms with van der Waals surface area (Å²) in [5.74, 6) is 0.403. The number of hydrogen-bond acceptors (Lipinski definition) is 3. The average Bonchev–Trinajstić information content (AvgIpc) is 2.62. The molecule has 16 heavy (non-hydrogen) atoms. The lowest BCUT2D eigenvalue weighted by molar-refractivity contribution is 0.0333. The predicted molar refractivity (Wildman–Crippen MR) is 65.2 cm³/mol. The van der Waals surface area contributed by atoms with Crippen LogP contribution >= 0.6 is 11.6 Å². The monoisotopic (exact) mass is 269 g/mol. The molecule has 0 aromatic carbocycles. The fourth-order valence-electron chi connectivity index (χ4n) is 2.10. The van der Waals surface area contributed by atoms with Crippen LogP contribution in [-0.4, -0.2) is 48.7 Å². The van der Waals surface area contributed by atoms with Gasteiger partial charge in [0.25, 0.3) is 0 Å². The third-order valence-corrected chi connectivity index (χ3v) is 5.21. The van der Waals surface area contributed by atoms with Crippen molar-refractivity contribution in [2.24, 2.45) is 0 Å². The Morgan fingerprint density at radius 3 is 2.44 bits per heavy atom. The van der Waals surface area contributed by atoms with Gasteiger partial charge in [0, 0.05) is 19.5 Å². The fraction of sp³-hybridized carbons (Fsp3) is 1.00. The van der Waals surface area contributed by atoms with Crippen molar-refractivity contribution in [1.29, 1.82) is 0 Å². The molecule has 0 heterocycles. The first-order valence-electron chi connectivity index (χ1n) is 5.62. The van der Waals surface area contributed by atoms with Gasteiger partial charge in [0.1, 0.15) is 0 Å². The van der Waals surface area contributed by atoms with E-state index in [0.717, 1.165) is 12.8 Å². The van der Waals surface area contributed by atoms with E-state index < -0.39 is 15.6 Å². The highest BCUT2D eigenvalue weighted by molar-refractivity contribution is 7.89. The van der Waals surface area contributed by atoms with Gasteiger partial charge < -0.3 is 5.11 Å². The molecule has 1 fully saturated rings. The van der Waals surface area contributed by atoms with Crippen LogP contribution in [0, 0.1) is 0 Å². The van der Waals surface area contributed by atoms with E-state index in [9.17, 15) is 13.5 Å². The molecule has 0 bridgehead atoms. The molecule has 0 saturated heterocycles. The number of aliphatic hydroxyl groups is 1. The van der Waals surface area contributed by atoms with E-state index in [1.165, 1.54) is 11.4 Å². The van der Waals surface area contributed by atoms with Gasteiger partial charge in [0.15, 0.2) is 0 Å². The van der Waals surface area contributed by atoms with Gasteiger partial charge in [-0.25, -0.2) is 12.7 Å². The standard InChI is InChI=1S/C10H20ClNO3S/c1-12(16(14,15)8-4-7-11)9-10(13)5-2-3-6-10/h13H,2-9H2,1H3. The summed E-state index contributed by atoms with van der Waals surface area (Å²) in [4.78, 5) is 0. The van der Waals surface area contributed by atoms with Crippen LogP contribution in [0.1, 0.15) is 32.1 Å². The Morgan fingerprint density at radius 2 is 1.94 bits per heavy atom. The van der Waals surface area contributed by atoms with Crippen molar-refractivity contribution in [1.82, 2.24) is 4.31 Å². The zero-order valence-corrected chi connectivity index (χ0v) is 11.2. The van der Waals surface area contributed by atoms with E-state index in [2.05, 4.69) is 0 Å². The molecule has 0 unspecified atom stereocenters. The van der Waals surface area contributed by atoms with E-state index >= 15 is 0 Å². The Hall–Kier alpha value is 0.160. The summed E-state index contributed by atoms with van der Waals surface area (Å²) in [6.45, 7) is 0.206. The molecule has 0 aromatic heterocycles. The van der Waals surface area contributed by atoms with Crippen LogP contribution in [0.4, 0.5) is 0 Å². The van der Waals surface area contributed by atoms with Gasteiger partial charge in [-0.05, 0) is 19.3 Å². The predicted octanol–water partition coefficient (Wildman–Crippen LogP) is 1.18. The minimum Gasteiger partial charge on any atom is -0.389 e. The number of nitrogens with zero attached hydrogens (tertiary/aromatic N) is 1. The second kappa shape index (κ2) is 5.67. The first kappa shape index (κ1) is 14.2. The number of sulfonamides is 1. The van der Waals surface area contributed by atoms with Gasteiger partial charge in [-0.3, -0.25) is 0 Å². The molecule has 1 aliphatic carbocycles. The van der Waals surface area contributed by atoms with Gasteiger partial charge in [-0.15, -0.1) is 11.6 Å².